The van der Waals surface area contributed by atoms with Crippen LogP contribution in [0.4, 0.5) is 34.1 Å². The number of hydrogen-bond acceptors (Lipinski definition) is 9. The Morgan fingerprint density at radius 3 is 1.27 bits per heavy atom. The zero-order chi connectivity index (χ0) is 19.6. The van der Waals surface area contributed by atoms with Crippen molar-refractivity contribution in [1.29, 1.82) is 0 Å². The van der Waals surface area contributed by atoms with E-state index in [1.807, 2.05) is 0 Å². The summed E-state index contributed by atoms with van der Waals surface area (Å²) >= 11 is 0. The van der Waals surface area contributed by atoms with Gasteiger partial charge in [-0.15, -0.1) is 0 Å². The highest BCUT2D eigenvalue weighted by Crippen LogP contribution is 2.39. The molecule has 2 rings (SSSR count). The highest BCUT2D eigenvalue weighted by atomic mass is 16.6. The van der Waals surface area contributed by atoms with Gasteiger partial charge in [-0.1, -0.05) is 0 Å². The molecular weight excluding hydrogens is 354 g/mol. The Hall–Kier alpha value is -4.16. The van der Waals surface area contributed by atoms with E-state index in [0.717, 1.165) is 41.3 Å². The molecule has 0 atom stereocenters. The molecule has 0 saturated carbocycles. The molecule has 0 amide bonds. The van der Waals surface area contributed by atoms with Gasteiger partial charge in [-0.05, 0) is 12.1 Å². The molecule has 0 aliphatic rings. The van der Waals surface area contributed by atoms with Crippen LogP contribution >= 0.6 is 0 Å². The molecule has 2 aromatic carbocycles. The molecule has 0 radical (unpaired) electrons. The summed E-state index contributed by atoms with van der Waals surface area (Å²) in [5.41, 5.74) is -2.64. The highest BCUT2D eigenvalue weighted by Gasteiger charge is 2.27. The van der Waals surface area contributed by atoms with Crippen LogP contribution in [0, 0.1) is 40.5 Å². The summed E-state index contributed by atoms with van der Waals surface area (Å²) < 4.78 is 0. The predicted octanol–water partition coefficient (Wildman–Crippen LogP) is 3.09. The molecule has 0 bridgehead atoms. The smallest absolute Gasteiger partial charge is 0.299 e. The summed E-state index contributed by atoms with van der Waals surface area (Å²) in [7, 11) is 1.27. The van der Waals surface area contributed by atoms with Crippen molar-refractivity contribution in [3.05, 3.63) is 76.9 Å². The number of nitro benzene ring substituents is 4. The Morgan fingerprint density at radius 1 is 0.654 bits per heavy atom. The summed E-state index contributed by atoms with van der Waals surface area (Å²) in [5, 5.41) is 44.0. The van der Waals surface area contributed by atoms with Crippen LogP contribution in [0.15, 0.2) is 36.4 Å². The predicted molar refractivity (Wildman–Crippen MR) is 87.6 cm³/mol. The molecule has 26 heavy (non-hydrogen) atoms. The minimum atomic E-state index is -0.865. The van der Waals surface area contributed by atoms with Gasteiger partial charge in [0.05, 0.1) is 31.8 Å². The number of benzene rings is 2. The van der Waals surface area contributed by atoms with Crippen LogP contribution in [0.25, 0.3) is 0 Å². The molecule has 2 aromatic rings. The second-order valence-electron chi connectivity index (χ2n) is 4.93. The second-order valence-corrected chi connectivity index (χ2v) is 4.93. The average Bonchev–Trinajstić information content (AvgIpc) is 2.59. The maximum Gasteiger partial charge on any atom is 0.299 e. The van der Waals surface area contributed by atoms with E-state index >= 15 is 0 Å². The van der Waals surface area contributed by atoms with E-state index in [9.17, 15) is 40.5 Å². The molecule has 0 saturated heterocycles. The van der Waals surface area contributed by atoms with Gasteiger partial charge in [-0.2, -0.15) is 0 Å². The molecule has 13 heteroatoms. The first-order valence-electron chi connectivity index (χ1n) is 6.73. The van der Waals surface area contributed by atoms with E-state index in [1.54, 1.807) is 0 Å². The maximum absolute atomic E-state index is 11.2. The Bertz CT molecular complexity index is 869. The molecule has 0 N–H and O–H groups in total. The summed E-state index contributed by atoms with van der Waals surface area (Å²) in [4.78, 5) is 41.7. The zero-order valence-corrected chi connectivity index (χ0v) is 13.0. The summed E-state index contributed by atoms with van der Waals surface area (Å²) in [6, 6.07) is 5.61. The van der Waals surface area contributed by atoms with Gasteiger partial charge in [0.15, 0.2) is 0 Å². The lowest BCUT2D eigenvalue weighted by Gasteiger charge is -2.19. The molecular formula is C13H9N5O8. The Labute approximate surface area is 143 Å². The molecule has 13 nitrogen and oxygen atoms in total. The van der Waals surface area contributed by atoms with Crippen molar-refractivity contribution in [1.82, 2.24) is 0 Å². The molecule has 134 valence electrons. The summed E-state index contributed by atoms with van der Waals surface area (Å²) in [5.74, 6) is 0. The molecule has 0 aliphatic carbocycles. The lowest BCUT2D eigenvalue weighted by atomic mass is 10.1. The van der Waals surface area contributed by atoms with Crippen molar-refractivity contribution in [2.24, 2.45) is 0 Å². The SMILES string of the molecule is CN(c1ccc([N+](=O)[O-])cc1[N+](=O)[O-])c1ccc([N+](=O)[O-])cc1[N+](=O)[O-]. The topological polar surface area (TPSA) is 176 Å². The third-order valence-electron chi connectivity index (χ3n) is 3.46. The number of non-ortho nitro benzene ring substituents is 2. The largest absolute Gasteiger partial charge is 0.333 e. The summed E-state index contributed by atoms with van der Waals surface area (Å²) in [6.07, 6.45) is 0. The van der Waals surface area contributed by atoms with Gasteiger partial charge < -0.3 is 4.90 Å². The molecule has 0 unspecified atom stereocenters. The number of nitrogens with zero attached hydrogens (tertiary/aromatic N) is 5. The minimum absolute atomic E-state index is 0.155. The van der Waals surface area contributed by atoms with Crippen LogP contribution in [0.1, 0.15) is 0 Å². The Kier molecular flexibility index (Phi) is 4.73. The van der Waals surface area contributed by atoms with E-state index in [2.05, 4.69) is 0 Å². The lowest BCUT2D eigenvalue weighted by molar-refractivity contribution is -0.393. The van der Waals surface area contributed by atoms with E-state index in [0.29, 0.717) is 0 Å². The van der Waals surface area contributed by atoms with E-state index in [4.69, 9.17) is 0 Å². The first-order chi connectivity index (χ1) is 12.1. The number of rotatable bonds is 6. The number of hydrogen-bond donors (Lipinski definition) is 0. The number of anilines is 2. The van der Waals surface area contributed by atoms with E-state index < -0.39 is 42.4 Å². The van der Waals surface area contributed by atoms with Gasteiger partial charge in [-0.25, -0.2) is 0 Å². The van der Waals surface area contributed by atoms with Crippen LogP contribution in [0.5, 0.6) is 0 Å². The first kappa shape index (κ1) is 18.2. The average molecular weight is 363 g/mol. The van der Waals surface area contributed by atoms with E-state index in [-0.39, 0.29) is 11.4 Å². The monoisotopic (exact) mass is 363 g/mol. The normalized spacial score (nSPS) is 10.2. The van der Waals surface area contributed by atoms with Gasteiger partial charge in [0.25, 0.3) is 22.7 Å². The standard InChI is InChI=1S/C13H9N5O8/c1-14(10-4-2-8(15(19)20)6-12(10)17(23)24)11-5-3-9(16(21)22)7-13(11)18(25)26/h2-7H,1H3. The van der Waals surface area contributed by atoms with Gasteiger partial charge in [0.2, 0.25) is 0 Å². The van der Waals surface area contributed by atoms with Crippen LogP contribution in [0.3, 0.4) is 0 Å². The van der Waals surface area contributed by atoms with Gasteiger partial charge in [-0.3, -0.25) is 40.5 Å². The molecule has 0 aromatic heterocycles. The molecule has 0 spiro atoms. The third-order valence-corrected chi connectivity index (χ3v) is 3.46. The number of nitro groups is 4. The third kappa shape index (κ3) is 3.35. The van der Waals surface area contributed by atoms with Crippen molar-refractivity contribution in [3.8, 4) is 0 Å². The van der Waals surface area contributed by atoms with Crippen LogP contribution in [0.2, 0.25) is 0 Å². The molecule has 0 fully saturated rings. The van der Waals surface area contributed by atoms with Crippen LogP contribution < -0.4 is 4.90 Å². The fraction of sp³-hybridized carbons (Fsp3) is 0.0769. The van der Waals surface area contributed by atoms with Crippen molar-refractivity contribution in [2.75, 3.05) is 11.9 Å². The minimum Gasteiger partial charge on any atom is -0.333 e. The second kappa shape index (κ2) is 6.76. The molecule has 0 heterocycles. The van der Waals surface area contributed by atoms with Crippen molar-refractivity contribution in [2.45, 2.75) is 0 Å². The summed E-state index contributed by atoms with van der Waals surface area (Å²) in [6.45, 7) is 0. The van der Waals surface area contributed by atoms with Crippen LogP contribution in [-0.4, -0.2) is 26.7 Å². The zero-order valence-electron chi connectivity index (χ0n) is 13.0. The molecule has 0 aliphatic heterocycles. The lowest BCUT2D eigenvalue weighted by Crippen LogP contribution is -2.13. The van der Waals surface area contributed by atoms with Gasteiger partial charge >= 0.3 is 0 Å². The fourth-order valence-corrected chi connectivity index (χ4v) is 2.24. The Balaban J connectivity index is 2.64. The van der Waals surface area contributed by atoms with Gasteiger partial charge in [0.1, 0.15) is 11.4 Å². The van der Waals surface area contributed by atoms with Crippen molar-refractivity contribution in [3.63, 3.8) is 0 Å². The quantitative estimate of drug-likeness (QED) is 0.551. The van der Waals surface area contributed by atoms with Crippen LogP contribution in [-0.2, 0) is 0 Å². The van der Waals surface area contributed by atoms with Gasteiger partial charge in [0, 0.05) is 19.2 Å². The maximum atomic E-state index is 11.2. The Morgan fingerprint density at radius 2 is 1.00 bits per heavy atom. The van der Waals surface area contributed by atoms with Crippen molar-refractivity contribution < 1.29 is 19.7 Å². The fourth-order valence-electron chi connectivity index (χ4n) is 2.24. The van der Waals surface area contributed by atoms with E-state index in [1.165, 1.54) is 7.05 Å². The van der Waals surface area contributed by atoms with Crippen molar-refractivity contribution >= 4 is 34.1 Å². The first-order valence-corrected chi connectivity index (χ1v) is 6.73. The highest BCUT2D eigenvalue weighted by molar-refractivity contribution is 5.79.